The van der Waals surface area contributed by atoms with Crippen molar-refractivity contribution in [2.75, 3.05) is 13.2 Å². The summed E-state index contributed by atoms with van der Waals surface area (Å²) in [5, 5.41) is 12.3. The maximum absolute atomic E-state index is 12.2. The van der Waals surface area contributed by atoms with Gasteiger partial charge in [-0.05, 0) is 37.3 Å². The summed E-state index contributed by atoms with van der Waals surface area (Å²) in [4.78, 5) is 23.4. The molecule has 22 heavy (non-hydrogen) atoms. The van der Waals surface area contributed by atoms with E-state index in [0.717, 1.165) is 19.3 Å². The molecule has 0 saturated carbocycles. The van der Waals surface area contributed by atoms with E-state index >= 15 is 0 Å². The fraction of sp³-hybridized carbons (Fsp3) is 0.529. The average Bonchev–Trinajstić information content (AvgIpc) is 2.54. The van der Waals surface area contributed by atoms with Crippen molar-refractivity contribution in [3.63, 3.8) is 0 Å². The van der Waals surface area contributed by atoms with Gasteiger partial charge in [-0.2, -0.15) is 0 Å². The lowest BCUT2D eigenvalue weighted by molar-refractivity contribution is -0.124. The van der Waals surface area contributed by atoms with Gasteiger partial charge in [0.05, 0.1) is 5.56 Å². The monoisotopic (exact) mass is 305 g/mol. The van der Waals surface area contributed by atoms with Crippen LogP contribution in [-0.2, 0) is 16.0 Å². The zero-order valence-corrected chi connectivity index (χ0v) is 12.9. The molecule has 2 rings (SSSR count). The molecule has 2 N–H and O–H groups in total. The van der Waals surface area contributed by atoms with E-state index in [2.05, 4.69) is 12.2 Å². The molecule has 0 spiro atoms. The normalized spacial score (nSPS) is 17.0. The van der Waals surface area contributed by atoms with Crippen molar-refractivity contribution >= 4 is 11.9 Å². The highest BCUT2D eigenvalue weighted by atomic mass is 16.5. The Balaban J connectivity index is 1.94. The third-order valence-electron chi connectivity index (χ3n) is 4.40. The van der Waals surface area contributed by atoms with E-state index in [-0.39, 0.29) is 17.0 Å². The van der Waals surface area contributed by atoms with Crippen molar-refractivity contribution in [3.8, 4) is 0 Å². The SMILES string of the molecule is CCC1(NC(=O)CCc2ccccc2C(=O)O)CCOCC1. The van der Waals surface area contributed by atoms with Gasteiger partial charge in [0.25, 0.3) is 0 Å². The van der Waals surface area contributed by atoms with Crippen LogP contribution < -0.4 is 5.32 Å². The summed E-state index contributed by atoms with van der Waals surface area (Å²) in [5.74, 6) is -0.977. The molecule has 1 amide bonds. The maximum atomic E-state index is 12.2. The maximum Gasteiger partial charge on any atom is 0.335 e. The number of carbonyl (C=O) groups is 2. The molecule has 0 unspecified atom stereocenters. The Kier molecular flexibility index (Phi) is 5.55. The van der Waals surface area contributed by atoms with Gasteiger partial charge in [0.15, 0.2) is 0 Å². The standard InChI is InChI=1S/C17H23NO4/c1-2-17(9-11-22-12-10-17)18-15(19)8-7-13-5-3-4-6-14(13)16(20)21/h3-6H,2,7-12H2,1H3,(H,18,19)(H,20,21). The van der Waals surface area contributed by atoms with E-state index in [1.54, 1.807) is 24.3 Å². The first-order valence-corrected chi connectivity index (χ1v) is 7.76. The third-order valence-corrected chi connectivity index (χ3v) is 4.40. The Bertz CT molecular complexity index is 535. The number of nitrogens with one attached hydrogen (secondary N) is 1. The number of hydrogen-bond donors (Lipinski definition) is 2. The van der Waals surface area contributed by atoms with Gasteiger partial charge < -0.3 is 15.2 Å². The number of carbonyl (C=O) groups excluding carboxylic acids is 1. The Hall–Kier alpha value is -1.88. The molecule has 0 aliphatic carbocycles. The second-order valence-corrected chi connectivity index (χ2v) is 5.76. The van der Waals surface area contributed by atoms with Crippen molar-refractivity contribution in [1.82, 2.24) is 5.32 Å². The van der Waals surface area contributed by atoms with Gasteiger partial charge >= 0.3 is 5.97 Å². The number of rotatable bonds is 6. The number of hydrogen-bond acceptors (Lipinski definition) is 3. The summed E-state index contributed by atoms with van der Waals surface area (Å²) in [7, 11) is 0. The number of amides is 1. The summed E-state index contributed by atoms with van der Waals surface area (Å²) >= 11 is 0. The second-order valence-electron chi connectivity index (χ2n) is 5.76. The number of carboxylic acid groups (broad SMARTS) is 1. The van der Waals surface area contributed by atoms with E-state index in [4.69, 9.17) is 9.84 Å². The van der Waals surface area contributed by atoms with Gasteiger partial charge in [-0.1, -0.05) is 25.1 Å². The van der Waals surface area contributed by atoms with Gasteiger partial charge in [-0.15, -0.1) is 0 Å². The van der Waals surface area contributed by atoms with Crippen molar-refractivity contribution in [3.05, 3.63) is 35.4 Å². The van der Waals surface area contributed by atoms with Crippen LogP contribution in [0.3, 0.4) is 0 Å². The summed E-state index contributed by atoms with van der Waals surface area (Å²) in [6.07, 6.45) is 3.28. The molecule has 5 heteroatoms. The lowest BCUT2D eigenvalue weighted by atomic mass is 9.87. The summed E-state index contributed by atoms with van der Waals surface area (Å²) < 4.78 is 5.36. The molecule has 1 aromatic rings. The number of ether oxygens (including phenoxy) is 1. The van der Waals surface area contributed by atoms with Crippen LogP contribution in [0.2, 0.25) is 0 Å². The molecule has 1 heterocycles. The summed E-state index contributed by atoms with van der Waals surface area (Å²) in [6, 6.07) is 6.83. The van der Waals surface area contributed by atoms with Crippen LogP contribution in [0, 0.1) is 0 Å². The highest BCUT2D eigenvalue weighted by molar-refractivity contribution is 5.89. The second kappa shape index (κ2) is 7.40. The minimum Gasteiger partial charge on any atom is -0.478 e. The largest absolute Gasteiger partial charge is 0.478 e. The molecule has 0 aromatic heterocycles. The first kappa shape index (κ1) is 16.5. The molecule has 5 nitrogen and oxygen atoms in total. The summed E-state index contributed by atoms with van der Waals surface area (Å²) in [5.41, 5.74) is 0.802. The van der Waals surface area contributed by atoms with Crippen LogP contribution in [0.1, 0.15) is 48.5 Å². The van der Waals surface area contributed by atoms with Crippen molar-refractivity contribution in [2.45, 2.75) is 44.6 Å². The van der Waals surface area contributed by atoms with Crippen molar-refractivity contribution in [1.29, 1.82) is 0 Å². The van der Waals surface area contributed by atoms with Gasteiger partial charge in [0, 0.05) is 25.2 Å². The predicted octanol–water partition coefficient (Wildman–Crippen LogP) is 2.39. The zero-order valence-electron chi connectivity index (χ0n) is 12.9. The molecule has 1 aliphatic rings. The Morgan fingerprint density at radius 3 is 2.59 bits per heavy atom. The Morgan fingerprint density at radius 1 is 1.27 bits per heavy atom. The van der Waals surface area contributed by atoms with Crippen LogP contribution in [0.5, 0.6) is 0 Å². The smallest absolute Gasteiger partial charge is 0.335 e. The first-order valence-electron chi connectivity index (χ1n) is 7.76. The lowest BCUT2D eigenvalue weighted by Gasteiger charge is -2.37. The van der Waals surface area contributed by atoms with Crippen LogP contribution in [0.25, 0.3) is 0 Å². The van der Waals surface area contributed by atoms with Crippen LogP contribution >= 0.6 is 0 Å². The number of carboxylic acids is 1. The van der Waals surface area contributed by atoms with Gasteiger partial charge in [-0.3, -0.25) is 4.79 Å². The van der Waals surface area contributed by atoms with Gasteiger partial charge in [0.2, 0.25) is 5.91 Å². The lowest BCUT2D eigenvalue weighted by Crippen LogP contribution is -2.51. The number of aromatic carboxylic acids is 1. The molecule has 0 bridgehead atoms. The summed E-state index contributed by atoms with van der Waals surface area (Å²) in [6.45, 7) is 3.43. The van der Waals surface area contributed by atoms with Gasteiger partial charge in [0.1, 0.15) is 0 Å². The topological polar surface area (TPSA) is 75.6 Å². The van der Waals surface area contributed by atoms with E-state index in [0.29, 0.717) is 31.6 Å². The molecule has 1 fully saturated rings. The molecule has 120 valence electrons. The molecular formula is C17H23NO4. The first-order chi connectivity index (χ1) is 10.6. The fourth-order valence-electron chi connectivity index (χ4n) is 2.88. The number of aryl methyl sites for hydroxylation is 1. The Morgan fingerprint density at radius 2 is 1.95 bits per heavy atom. The van der Waals surface area contributed by atoms with Crippen LogP contribution in [-0.4, -0.2) is 35.7 Å². The zero-order chi connectivity index (χ0) is 16.0. The Labute approximate surface area is 130 Å². The highest BCUT2D eigenvalue weighted by Gasteiger charge is 2.32. The fourth-order valence-corrected chi connectivity index (χ4v) is 2.88. The highest BCUT2D eigenvalue weighted by Crippen LogP contribution is 2.24. The van der Waals surface area contributed by atoms with Crippen molar-refractivity contribution < 1.29 is 19.4 Å². The minimum absolute atomic E-state index is 0.0241. The molecular weight excluding hydrogens is 282 g/mol. The molecule has 1 saturated heterocycles. The van der Waals surface area contributed by atoms with E-state index in [1.807, 2.05) is 0 Å². The molecule has 1 aliphatic heterocycles. The van der Waals surface area contributed by atoms with Gasteiger partial charge in [-0.25, -0.2) is 4.79 Å². The van der Waals surface area contributed by atoms with E-state index in [9.17, 15) is 9.59 Å². The van der Waals surface area contributed by atoms with Crippen LogP contribution in [0.15, 0.2) is 24.3 Å². The minimum atomic E-state index is -0.953. The van der Waals surface area contributed by atoms with Crippen molar-refractivity contribution in [2.24, 2.45) is 0 Å². The van der Waals surface area contributed by atoms with E-state index in [1.165, 1.54) is 0 Å². The third kappa shape index (κ3) is 4.07. The molecule has 0 atom stereocenters. The number of benzene rings is 1. The molecule has 1 aromatic carbocycles. The average molecular weight is 305 g/mol. The predicted molar refractivity (Wildman–Crippen MR) is 82.9 cm³/mol. The molecule has 0 radical (unpaired) electrons. The quantitative estimate of drug-likeness (QED) is 0.846. The van der Waals surface area contributed by atoms with E-state index < -0.39 is 5.97 Å². The van der Waals surface area contributed by atoms with Crippen LogP contribution in [0.4, 0.5) is 0 Å².